The molecule has 6 nitrogen and oxygen atoms in total. The van der Waals surface area contributed by atoms with Gasteiger partial charge in [0, 0.05) is 17.5 Å². The van der Waals surface area contributed by atoms with E-state index in [1.165, 1.54) is 16.9 Å². The standard InChI is InChI=1S/C18H15ClF3N5O/c1-9-6-13(11-4-5-14(19)23-7-11)25-16-12(8-24-27(9)16)17(28)26-15(10-2-3-10)18(20,21)22/h4-8,10,15H,2-3H2,1H3,(H,26,28)/t15-/m1/s1. The molecule has 0 radical (unpaired) electrons. The van der Waals surface area contributed by atoms with E-state index in [2.05, 4.69) is 20.4 Å². The number of rotatable bonds is 4. The number of hydrogen-bond donors (Lipinski definition) is 1. The highest BCUT2D eigenvalue weighted by molar-refractivity contribution is 6.29. The number of aryl methyl sites for hydroxylation is 1. The zero-order chi connectivity index (χ0) is 20.1. The number of amides is 1. The fourth-order valence-electron chi connectivity index (χ4n) is 3.06. The van der Waals surface area contributed by atoms with Crippen molar-refractivity contribution in [2.45, 2.75) is 32.0 Å². The highest BCUT2D eigenvalue weighted by Crippen LogP contribution is 2.40. The molecule has 1 amide bonds. The average Bonchev–Trinajstić information content (AvgIpc) is 3.37. The predicted molar refractivity (Wildman–Crippen MR) is 96.0 cm³/mol. The number of hydrogen-bond acceptors (Lipinski definition) is 4. The van der Waals surface area contributed by atoms with Crippen LogP contribution in [0.25, 0.3) is 16.9 Å². The van der Waals surface area contributed by atoms with Gasteiger partial charge in [-0.2, -0.15) is 18.3 Å². The number of halogens is 4. The Kier molecular flexibility index (Phi) is 4.49. The Morgan fingerprint density at radius 3 is 2.68 bits per heavy atom. The molecule has 28 heavy (non-hydrogen) atoms. The highest BCUT2D eigenvalue weighted by atomic mass is 35.5. The van der Waals surface area contributed by atoms with E-state index in [0.717, 1.165) is 0 Å². The zero-order valence-electron chi connectivity index (χ0n) is 14.7. The van der Waals surface area contributed by atoms with Crippen LogP contribution >= 0.6 is 11.6 Å². The molecule has 3 heterocycles. The molecule has 1 saturated carbocycles. The van der Waals surface area contributed by atoms with E-state index in [1.807, 2.05) is 0 Å². The van der Waals surface area contributed by atoms with Crippen LogP contribution in [0.2, 0.25) is 5.15 Å². The number of carbonyl (C=O) groups is 1. The number of fused-ring (bicyclic) bond motifs is 1. The molecule has 0 aliphatic heterocycles. The van der Waals surface area contributed by atoms with Crippen LogP contribution in [0.5, 0.6) is 0 Å². The second kappa shape index (κ2) is 6.73. The predicted octanol–water partition coefficient (Wildman–Crippen LogP) is 3.82. The molecular weight excluding hydrogens is 395 g/mol. The van der Waals surface area contributed by atoms with Crippen LogP contribution in [-0.4, -0.2) is 37.7 Å². The first-order valence-corrected chi connectivity index (χ1v) is 8.97. The summed E-state index contributed by atoms with van der Waals surface area (Å²) in [7, 11) is 0. The molecule has 146 valence electrons. The summed E-state index contributed by atoms with van der Waals surface area (Å²) >= 11 is 5.80. The first-order chi connectivity index (χ1) is 13.2. The van der Waals surface area contributed by atoms with E-state index in [4.69, 9.17) is 11.6 Å². The SMILES string of the molecule is Cc1cc(-c2ccc(Cl)nc2)nc2c(C(=O)N[C@H](C3CC3)C(F)(F)F)cnn12. The molecule has 0 bridgehead atoms. The van der Waals surface area contributed by atoms with Gasteiger partial charge in [-0.3, -0.25) is 4.79 Å². The lowest BCUT2D eigenvalue weighted by molar-refractivity contribution is -0.158. The van der Waals surface area contributed by atoms with E-state index in [0.29, 0.717) is 34.9 Å². The average molecular weight is 410 g/mol. The van der Waals surface area contributed by atoms with E-state index in [-0.39, 0.29) is 11.2 Å². The van der Waals surface area contributed by atoms with Crippen LogP contribution in [0.4, 0.5) is 13.2 Å². The van der Waals surface area contributed by atoms with Gasteiger partial charge in [-0.1, -0.05) is 11.6 Å². The van der Waals surface area contributed by atoms with Gasteiger partial charge in [0.2, 0.25) is 0 Å². The number of aromatic nitrogens is 4. The van der Waals surface area contributed by atoms with Gasteiger partial charge in [-0.25, -0.2) is 14.5 Å². The van der Waals surface area contributed by atoms with Crippen molar-refractivity contribution in [2.24, 2.45) is 5.92 Å². The fraction of sp³-hybridized carbons (Fsp3) is 0.333. The molecule has 1 aliphatic carbocycles. The first-order valence-electron chi connectivity index (χ1n) is 8.59. The molecule has 0 spiro atoms. The molecule has 0 saturated heterocycles. The van der Waals surface area contributed by atoms with Gasteiger partial charge in [0.05, 0.1) is 11.9 Å². The summed E-state index contributed by atoms with van der Waals surface area (Å²) in [6, 6.07) is 3.21. The van der Waals surface area contributed by atoms with Crippen molar-refractivity contribution >= 4 is 23.2 Å². The van der Waals surface area contributed by atoms with Crippen molar-refractivity contribution in [3.63, 3.8) is 0 Å². The third-order valence-corrected chi connectivity index (χ3v) is 4.87. The smallest absolute Gasteiger partial charge is 0.340 e. The summed E-state index contributed by atoms with van der Waals surface area (Å²) in [5, 5.41) is 6.53. The lowest BCUT2D eigenvalue weighted by Crippen LogP contribution is -2.46. The fourth-order valence-corrected chi connectivity index (χ4v) is 3.18. The lowest BCUT2D eigenvalue weighted by Gasteiger charge is -2.20. The normalized spacial score (nSPS) is 15.6. The molecular formula is C18H15ClF3N5O. The van der Waals surface area contributed by atoms with Gasteiger partial charge in [-0.15, -0.1) is 0 Å². The summed E-state index contributed by atoms with van der Waals surface area (Å²) in [5.41, 5.74) is 2.01. The summed E-state index contributed by atoms with van der Waals surface area (Å²) in [6.45, 7) is 1.76. The van der Waals surface area contributed by atoms with Crippen molar-refractivity contribution in [2.75, 3.05) is 0 Å². The maximum absolute atomic E-state index is 13.2. The Morgan fingerprint density at radius 2 is 2.07 bits per heavy atom. The second-order valence-corrected chi connectivity index (χ2v) is 7.16. The number of alkyl halides is 3. The van der Waals surface area contributed by atoms with Crippen LogP contribution in [0.3, 0.4) is 0 Å². The van der Waals surface area contributed by atoms with E-state index >= 15 is 0 Å². The largest absolute Gasteiger partial charge is 0.408 e. The third-order valence-electron chi connectivity index (χ3n) is 4.65. The summed E-state index contributed by atoms with van der Waals surface area (Å²) in [4.78, 5) is 21.0. The Hall–Kier alpha value is -2.68. The Labute approximate surface area is 162 Å². The highest BCUT2D eigenvalue weighted by Gasteiger charge is 2.49. The minimum atomic E-state index is -4.50. The molecule has 1 atom stereocenters. The monoisotopic (exact) mass is 409 g/mol. The molecule has 1 N–H and O–H groups in total. The van der Waals surface area contributed by atoms with Crippen molar-refractivity contribution in [1.29, 1.82) is 0 Å². The van der Waals surface area contributed by atoms with Gasteiger partial charge in [0.1, 0.15) is 16.8 Å². The molecule has 10 heteroatoms. The number of pyridine rings is 1. The third kappa shape index (κ3) is 3.54. The quantitative estimate of drug-likeness (QED) is 0.665. The van der Waals surface area contributed by atoms with Crippen molar-refractivity contribution < 1.29 is 18.0 Å². The number of nitrogens with one attached hydrogen (secondary N) is 1. The Balaban J connectivity index is 1.71. The lowest BCUT2D eigenvalue weighted by atomic mass is 10.1. The van der Waals surface area contributed by atoms with Gasteiger partial charge in [0.15, 0.2) is 5.65 Å². The van der Waals surface area contributed by atoms with Crippen LogP contribution in [0.1, 0.15) is 28.9 Å². The molecule has 0 unspecified atom stereocenters. The minimum Gasteiger partial charge on any atom is -0.340 e. The van der Waals surface area contributed by atoms with Gasteiger partial charge in [-0.05, 0) is 43.9 Å². The summed E-state index contributed by atoms with van der Waals surface area (Å²) in [5.74, 6) is -1.42. The van der Waals surface area contributed by atoms with Crippen molar-refractivity contribution in [1.82, 2.24) is 24.9 Å². The first kappa shape index (κ1) is 18.7. The van der Waals surface area contributed by atoms with Crippen LogP contribution < -0.4 is 5.32 Å². The van der Waals surface area contributed by atoms with E-state index in [9.17, 15) is 18.0 Å². The van der Waals surface area contributed by atoms with Crippen LogP contribution in [-0.2, 0) is 0 Å². The molecule has 1 aliphatic rings. The maximum Gasteiger partial charge on any atom is 0.408 e. The zero-order valence-corrected chi connectivity index (χ0v) is 15.4. The summed E-state index contributed by atoms with van der Waals surface area (Å²) in [6.07, 6.45) is -0.837. The second-order valence-electron chi connectivity index (χ2n) is 6.78. The number of nitrogens with zero attached hydrogens (tertiary/aromatic N) is 4. The minimum absolute atomic E-state index is 0.0122. The van der Waals surface area contributed by atoms with Gasteiger partial charge in [0.25, 0.3) is 5.91 Å². The summed E-state index contributed by atoms with van der Waals surface area (Å²) < 4.78 is 41.1. The van der Waals surface area contributed by atoms with Crippen molar-refractivity contribution in [3.8, 4) is 11.3 Å². The Morgan fingerprint density at radius 1 is 1.32 bits per heavy atom. The number of carbonyl (C=O) groups excluding carboxylic acids is 1. The molecule has 4 rings (SSSR count). The van der Waals surface area contributed by atoms with Crippen LogP contribution in [0.15, 0.2) is 30.6 Å². The molecule has 0 aromatic carbocycles. The maximum atomic E-state index is 13.2. The van der Waals surface area contributed by atoms with Crippen molar-refractivity contribution in [3.05, 3.63) is 47.0 Å². The molecule has 1 fully saturated rings. The molecule has 3 aromatic rings. The van der Waals surface area contributed by atoms with E-state index in [1.54, 1.807) is 25.1 Å². The van der Waals surface area contributed by atoms with Gasteiger partial charge < -0.3 is 5.32 Å². The van der Waals surface area contributed by atoms with E-state index < -0.39 is 24.0 Å². The molecule has 3 aromatic heterocycles. The van der Waals surface area contributed by atoms with Gasteiger partial charge >= 0.3 is 6.18 Å². The Bertz CT molecular complexity index is 1040. The topological polar surface area (TPSA) is 72.2 Å². The van der Waals surface area contributed by atoms with Crippen LogP contribution in [0, 0.1) is 12.8 Å².